The minimum atomic E-state index is 0.581. The van der Waals surface area contributed by atoms with E-state index >= 15 is 0 Å². The van der Waals surface area contributed by atoms with Gasteiger partial charge in [0.05, 0.1) is 11.9 Å². The van der Waals surface area contributed by atoms with E-state index in [9.17, 15) is 0 Å². The summed E-state index contributed by atoms with van der Waals surface area (Å²) in [5.74, 6) is 0.599. The first-order chi connectivity index (χ1) is 8.19. The van der Waals surface area contributed by atoms with Crippen molar-refractivity contribution in [3.8, 4) is 0 Å². The molecule has 2 N–H and O–H groups in total. The molecule has 1 aliphatic rings. The van der Waals surface area contributed by atoms with Gasteiger partial charge in [0.25, 0.3) is 0 Å². The van der Waals surface area contributed by atoms with Gasteiger partial charge in [-0.3, -0.25) is 0 Å². The molecule has 94 valence electrons. The summed E-state index contributed by atoms with van der Waals surface area (Å²) in [6.07, 6.45) is 7.09. The zero-order valence-electron chi connectivity index (χ0n) is 10.9. The topological polar surface area (TPSA) is 42.1 Å². The second kappa shape index (κ2) is 4.94. The van der Waals surface area contributed by atoms with Gasteiger partial charge in [0.1, 0.15) is 5.82 Å². The summed E-state index contributed by atoms with van der Waals surface area (Å²) in [5, 5.41) is 0. The number of piperidine rings is 1. The number of hydrogen-bond acceptors (Lipinski definition) is 3. The molecule has 0 unspecified atom stereocenters. The third-order valence-electron chi connectivity index (χ3n) is 4.46. The Morgan fingerprint density at radius 3 is 2.35 bits per heavy atom. The summed E-state index contributed by atoms with van der Waals surface area (Å²) in [6, 6.07) is 3.96. The van der Waals surface area contributed by atoms with Gasteiger partial charge in [-0.05, 0) is 30.4 Å². The Bertz CT molecular complexity index is 344. The minimum Gasteiger partial charge on any atom is -0.384 e. The maximum atomic E-state index is 5.61. The van der Waals surface area contributed by atoms with Gasteiger partial charge in [0, 0.05) is 13.1 Å². The highest BCUT2D eigenvalue weighted by molar-refractivity contribution is 5.48. The first kappa shape index (κ1) is 12.2. The van der Waals surface area contributed by atoms with Crippen LogP contribution in [0.5, 0.6) is 0 Å². The molecule has 0 radical (unpaired) electrons. The average molecular weight is 233 g/mol. The van der Waals surface area contributed by atoms with Crippen LogP contribution in [-0.4, -0.2) is 18.1 Å². The number of aromatic nitrogens is 1. The van der Waals surface area contributed by atoms with Gasteiger partial charge < -0.3 is 10.6 Å². The molecule has 3 nitrogen and oxygen atoms in total. The monoisotopic (exact) mass is 233 g/mol. The van der Waals surface area contributed by atoms with E-state index in [0.29, 0.717) is 11.2 Å². The lowest BCUT2D eigenvalue weighted by molar-refractivity contribution is 0.199. The maximum absolute atomic E-state index is 5.61. The predicted octanol–water partition coefficient (Wildman–Crippen LogP) is 3.07. The number of hydrogen-bond donors (Lipinski definition) is 1. The molecule has 0 spiro atoms. The summed E-state index contributed by atoms with van der Waals surface area (Å²) in [4.78, 5) is 6.59. The Balaban J connectivity index is 2.01. The molecule has 1 aliphatic heterocycles. The molecule has 2 rings (SSSR count). The first-order valence-electron chi connectivity index (χ1n) is 6.65. The SMILES string of the molecule is CCC1(CC)CCN(c2ccc(N)nc2)CC1. The van der Waals surface area contributed by atoms with Gasteiger partial charge in [-0.2, -0.15) is 0 Å². The average Bonchev–Trinajstić information content (AvgIpc) is 2.40. The Kier molecular flexibility index (Phi) is 3.55. The van der Waals surface area contributed by atoms with E-state index in [-0.39, 0.29) is 0 Å². The van der Waals surface area contributed by atoms with Gasteiger partial charge in [-0.1, -0.05) is 26.7 Å². The smallest absolute Gasteiger partial charge is 0.123 e. The Morgan fingerprint density at radius 1 is 1.24 bits per heavy atom. The van der Waals surface area contributed by atoms with Crippen LogP contribution in [0.15, 0.2) is 18.3 Å². The van der Waals surface area contributed by atoms with Crippen LogP contribution >= 0.6 is 0 Å². The molecule has 1 aromatic rings. The molecular weight excluding hydrogens is 210 g/mol. The van der Waals surface area contributed by atoms with Crippen molar-refractivity contribution in [2.24, 2.45) is 5.41 Å². The van der Waals surface area contributed by atoms with Crippen molar-refractivity contribution < 1.29 is 0 Å². The lowest BCUT2D eigenvalue weighted by atomic mass is 9.74. The van der Waals surface area contributed by atoms with E-state index in [1.54, 1.807) is 0 Å². The lowest BCUT2D eigenvalue weighted by Gasteiger charge is -2.41. The number of rotatable bonds is 3. The third-order valence-corrected chi connectivity index (χ3v) is 4.46. The van der Waals surface area contributed by atoms with E-state index in [4.69, 9.17) is 5.73 Å². The van der Waals surface area contributed by atoms with Crippen LogP contribution in [0.1, 0.15) is 39.5 Å². The van der Waals surface area contributed by atoms with Gasteiger partial charge in [0.15, 0.2) is 0 Å². The quantitative estimate of drug-likeness (QED) is 0.872. The summed E-state index contributed by atoms with van der Waals surface area (Å²) < 4.78 is 0. The molecule has 17 heavy (non-hydrogen) atoms. The summed E-state index contributed by atoms with van der Waals surface area (Å²) in [5.41, 5.74) is 7.40. The van der Waals surface area contributed by atoms with Crippen molar-refractivity contribution in [3.05, 3.63) is 18.3 Å². The van der Waals surface area contributed by atoms with E-state index in [1.807, 2.05) is 12.3 Å². The first-order valence-corrected chi connectivity index (χ1v) is 6.65. The summed E-state index contributed by atoms with van der Waals surface area (Å²) >= 11 is 0. The van der Waals surface area contributed by atoms with Crippen LogP contribution in [-0.2, 0) is 0 Å². The molecule has 1 aromatic heterocycles. The van der Waals surface area contributed by atoms with Gasteiger partial charge in [0.2, 0.25) is 0 Å². The van der Waals surface area contributed by atoms with E-state index < -0.39 is 0 Å². The maximum Gasteiger partial charge on any atom is 0.123 e. The van der Waals surface area contributed by atoms with Crippen LogP contribution in [0, 0.1) is 5.41 Å². The van der Waals surface area contributed by atoms with E-state index in [0.717, 1.165) is 13.1 Å². The highest BCUT2D eigenvalue weighted by Crippen LogP contribution is 2.38. The number of nitrogens with two attached hydrogens (primary N) is 1. The van der Waals surface area contributed by atoms with Gasteiger partial charge in [-0.15, -0.1) is 0 Å². The van der Waals surface area contributed by atoms with Gasteiger partial charge in [-0.25, -0.2) is 4.98 Å². The number of nitrogens with zero attached hydrogens (tertiary/aromatic N) is 2. The highest BCUT2D eigenvalue weighted by Gasteiger charge is 2.31. The Morgan fingerprint density at radius 2 is 1.88 bits per heavy atom. The van der Waals surface area contributed by atoms with Crippen molar-refractivity contribution >= 4 is 11.5 Å². The lowest BCUT2D eigenvalue weighted by Crippen LogP contribution is -2.39. The van der Waals surface area contributed by atoms with Crippen LogP contribution in [0.25, 0.3) is 0 Å². The van der Waals surface area contributed by atoms with Crippen LogP contribution in [0.2, 0.25) is 0 Å². The van der Waals surface area contributed by atoms with Crippen molar-refractivity contribution in [2.45, 2.75) is 39.5 Å². The van der Waals surface area contributed by atoms with Crippen LogP contribution < -0.4 is 10.6 Å². The highest BCUT2D eigenvalue weighted by atomic mass is 15.1. The third kappa shape index (κ3) is 2.54. The number of pyridine rings is 1. The molecule has 0 saturated carbocycles. The van der Waals surface area contributed by atoms with Gasteiger partial charge >= 0.3 is 0 Å². The second-order valence-electron chi connectivity index (χ2n) is 5.14. The molecule has 1 saturated heterocycles. The molecule has 0 aliphatic carbocycles. The zero-order valence-corrected chi connectivity index (χ0v) is 10.9. The predicted molar refractivity (Wildman–Crippen MR) is 73.1 cm³/mol. The molecule has 0 aromatic carbocycles. The molecule has 0 amide bonds. The zero-order chi connectivity index (χ0) is 12.3. The number of anilines is 2. The van der Waals surface area contributed by atoms with E-state index in [2.05, 4.69) is 29.8 Å². The summed E-state index contributed by atoms with van der Waals surface area (Å²) in [7, 11) is 0. The molecule has 0 bridgehead atoms. The second-order valence-corrected chi connectivity index (χ2v) is 5.14. The number of nitrogen functional groups attached to an aromatic ring is 1. The Hall–Kier alpha value is -1.25. The van der Waals surface area contributed by atoms with Crippen LogP contribution in [0.4, 0.5) is 11.5 Å². The van der Waals surface area contributed by atoms with Crippen molar-refractivity contribution in [3.63, 3.8) is 0 Å². The Labute approximate surface area is 104 Å². The molecule has 2 heterocycles. The fraction of sp³-hybridized carbons (Fsp3) is 0.643. The normalized spacial score (nSPS) is 19.3. The van der Waals surface area contributed by atoms with Crippen LogP contribution in [0.3, 0.4) is 0 Å². The van der Waals surface area contributed by atoms with Crippen molar-refractivity contribution in [2.75, 3.05) is 23.7 Å². The largest absolute Gasteiger partial charge is 0.384 e. The fourth-order valence-corrected chi connectivity index (χ4v) is 2.78. The molecular formula is C14H23N3. The fourth-order valence-electron chi connectivity index (χ4n) is 2.78. The minimum absolute atomic E-state index is 0.581. The van der Waals surface area contributed by atoms with Crippen molar-refractivity contribution in [1.82, 2.24) is 4.98 Å². The standard InChI is InChI=1S/C14H23N3/c1-3-14(4-2)7-9-17(10-8-14)12-5-6-13(15)16-11-12/h5-6,11H,3-4,7-10H2,1-2H3,(H2,15,16). The molecule has 0 atom stereocenters. The van der Waals surface area contributed by atoms with E-state index in [1.165, 1.54) is 31.4 Å². The molecule has 3 heteroatoms. The summed E-state index contributed by atoms with van der Waals surface area (Å²) in [6.45, 7) is 6.94. The molecule has 1 fully saturated rings. The van der Waals surface area contributed by atoms with Crippen molar-refractivity contribution in [1.29, 1.82) is 0 Å².